The Morgan fingerprint density at radius 3 is 2.26 bits per heavy atom. The van der Waals surface area contributed by atoms with Crippen LogP contribution in [0.1, 0.15) is 76.6 Å². The largest absolute Gasteiger partial charge is 0.462 e. The van der Waals surface area contributed by atoms with Gasteiger partial charge in [-0.25, -0.2) is 4.79 Å². The van der Waals surface area contributed by atoms with Gasteiger partial charge in [-0.2, -0.15) is 0 Å². The Bertz CT molecular complexity index is 1170. The first-order chi connectivity index (χ1) is 16.7. The maximum Gasteiger partial charge on any atom is 0.341 e. The van der Waals surface area contributed by atoms with Crippen LogP contribution >= 0.6 is 22.9 Å². The number of hydrogen-bond acceptors (Lipinski definition) is 5. The van der Waals surface area contributed by atoms with Gasteiger partial charge < -0.3 is 15.4 Å². The summed E-state index contributed by atoms with van der Waals surface area (Å²) in [5.41, 5.74) is 1.78. The third-order valence-corrected chi connectivity index (χ3v) is 9.71. The minimum atomic E-state index is -0.528. The van der Waals surface area contributed by atoms with Gasteiger partial charge in [0.25, 0.3) is 5.91 Å². The highest BCUT2D eigenvalue weighted by molar-refractivity contribution is 7.19. The standard InChI is InChI=1S/C27H31ClN2O4S/c1-4-34-25(32)21-15(3)22(23(31)29-20-7-5-6-19(28)14(20)2)35-24(21)30-26(33)27-11-16-8-17(12-27)10-18(9-16)13-27/h5-7,16-18H,4,8-13H2,1-3H3,(H,29,31)(H,30,33). The Morgan fingerprint density at radius 2 is 1.66 bits per heavy atom. The summed E-state index contributed by atoms with van der Waals surface area (Å²) < 4.78 is 5.29. The van der Waals surface area contributed by atoms with Crippen LogP contribution in [0.4, 0.5) is 10.7 Å². The number of esters is 1. The van der Waals surface area contributed by atoms with Crippen molar-refractivity contribution in [2.45, 2.75) is 59.3 Å². The zero-order valence-corrected chi connectivity index (χ0v) is 21.9. The first-order valence-electron chi connectivity index (χ1n) is 12.4. The molecule has 0 saturated heterocycles. The van der Waals surface area contributed by atoms with E-state index in [0.717, 1.165) is 36.2 Å². The quantitative estimate of drug-likeness (QED) is 0.425. The van der Waals surface area contributed by atoms with Crippen molar-refractivity contribution in [1.82, 2.24) is 0 Å². The van der Waals surface area contributed by atoms with E-state index < -0.39 is 5.97 Å². The van der Waals surface area contributed by atoms with Gasteiger partial charge in [-0.1, -0.05) is 17.7 Å². The van der Waals surface area contributed by atoms with Crippen molar-refractivity contribution in [3.63, 3.8) is 0 Å². The molecule has 2 amide bonds. The topological polar surface area (TPSA) is 84.5 Å². The van der Waals surface area contributed by atoms with Crippen LogP contribution in [0, 0.1) is 37.0 Å². The monoisotopic (exact) mass is 514 g/mol. The lowest BCUT2D eigenvalue weighted by Gasteiger charge is -2.55. The van der Waals surface area contributed by atoms with Gasteiger partial charge in [-0.15, -0.1) is 11.3 Å². The Labute approximate surface area is 214 Å². The molecule has 8 heteroatoms. The fourth-order valence-electron chi connectivity index (χ4n) is 6.81. The van der Waals surface area contributed by atoms with E-state index in [-0.39, 0.29) is 29.4 Å². The van der Waals surface area contributed by atoms with Gasteiger partial charge in [0.15, 0.2) is 0 Å². The zero-order valence-electron chi connectivity index (χ0n) is 20.3. The van der Waals surface area contributed by atoms with Gasteiger partial charge in [-0.05, 0) is 100 Å². The third-order valence-electron chi connectivity index (χ3n) is 8.10. The van der Waals surface area contributed by atoms with E-state index >= 15 is 0 Å². The molecule has 4 aliphatic carbocycles. The summed E-state index contributed by atoms with van der Waals surface area (Å²) in [6.07, 6.45) is 6.49. The summed E-state index contributed by atoms with van der Waals surface area (Å²) in [4.78, 5) is 40.2. The number of halogens is 1. The van der Waals surface area contributed by atoms with Crippen LogP contribution < -0.4 is 10.6 Å². The molecule has 0 spiro atoms. The van der Waals surface area contributed by atoms with Crippen LogP contribution in [0.2, 0.25) is 5.02 Å². The Hall–Kier alpha value is -2.38. The summed E-state index contributed by atoms with van der Waals surface area (Å²) in [7, 11) is 0. The minimum Gasteiger partial charge on any atom is -0.462 e. The van der Waals surface area contributed by atoms with Crippen LogP contribution in [0.25, 0.3) is 0 Å². The average molecular weight is 515 g/mol. The van der Waals surface area contributed by atoms with Gasteiger partial charge >= 0.3 is 5.97 Å². The van der Waals surface area contributed by atoms with Crippen molar-refractivity contribution < 1.29 is 19.1 Å². The second-order valence-electron chi connectivity index (χ2n) is 10.5. The van der Waals surface area contributed by atoms with Crippen molar-refractivity contribution in [3.8, 4) is 0 Å². The van der Waals surface area contributed by atoms with E-state index in [2.05, 4.69) is 10.6 Å². The first kappa shape index (κ1) is 24.3. The number of carbonyl (C=O) groups excluding carboxylic acids is 3. The Kier molecular flexibility index (Phi) is 6.43. The molecule has 6 nitrogen and oxygen atoms in total. The van der Waals surface area contributed by atoms with Gasteiger partial charge in [0.2, 0.25) is 5.91 Å². The molecule has 1 aromatic heterocycles. The molecule has 0 aliphatic heterocycles. The number of ether oxygens (including phenoxy) is 1. The highest BCUT2D eigenvalue weighted by atomic mass is 35.5. The van der Waals surface area contributed by atoms with Crippen molar-refractivity contribution in [2.75, 3.05) is 17.2 Å². The molecule has 4 bridgehead atoms. The summed E-state index contributed by atoms with van der Waals surface area (Å²) in [5, 5.41) is 6.94. The molecule has 1 heterocycles. The molecular formula is C27H31ClN2O4S. The SMILES string of the molecule is CCOC(=O)c1c(NC(=O)C23CC4CC(CC(C4)C2)C3)sc(C(=O)Nc2cccc(Cl)c2C)c1C. The third kappa shape index (κ3) is 4.38. The summed E-state index contributed by atoms with van der Waals surface area (Å²) in [6.45, 7) is 5.51. The lowest BCUT2D eigenvalue weighted by Crippen LogP contribution is -2.51. The maximum absolute atomic E-state index is 13.7. The number of carbonyl (C=O) groups is 3. The minimum absolute atomic E-state index is 0.0129. The molecule has 4 saturated carbocycles. The molecule has 4 aliphatic rings. The predicted octanol–water partition coefficient (Wildman–Crippen LogP) is 6.60. The number of anilines is 2. The normalized spacial score (nSPS) is 26.5. The summed E-state index contributed by atoms with van der Waals surface area (Å²) in [6, 6.07) is 5.32. The molecule has 2 N–H and O–H groups in total. The average Bonchev–Trinajstić information content (AvgIpc) is 3.12. The molecule has 1 aromatic carbocycles. The zero-order chi connectivity index (χ0) is 24.9. The second-order valence-corrected chi connectivity index (χ2v) is 11.9. The number of amides is 2. The van der Waals surface area contributed by atoms with Crippen molar-refractivity contribution in [2.24, 2.45) is 23.2 Å². The molecule has 6 rings (SSSR count). The second kappa shape index (κ2) is 9.25. The number of hydrogen-bond donors (Lipinski definition) is 2. The smallest absolute Gasteiger partial charge is 0.341 e. The van der Waals surface area contributed by atoms with Gasteiger partial charge in [0.1, 0.15) is 5.00 Å². The first-order valence-corrected chi connectivity index (χ1v) is 13.6. The summed E-state index contributed by atoms with van der Waals surface area (Å²) >= 11 is 7.34. The fourth-order valence-corrected chi connectivity index (χ4v) is 8.07. The van der Waals surface area contributed by atoms with E-state index in [4.69, 9.17) is 16.3 Å². The summed E-state index contributed by atoms with van der Waals surface area (Å²) in [5.74, 6) is 0.997. The number of rotatable bonds is 6. The number of thiophene rings is 1. The van der Waals surface area contributed by atoms with Crippen molar-refractivity contribution in [3.05, 3.63) is 44.8 Å². The number of nitrogens with one attached hydrogen (secondary N) is 2. The fraction of sp³-hybridized carbons (Fsp3) is 0.519. The van der Waals surface area contributed by atoms with Crippen LogP contribution in [-0.4, -0.2) is 24.4 Å². The molecule has 2 aromatic rings. The molecule has 0 radical (unpaired) electrons. The van der Waals surface area contributed by atoms with E-state index in [1.807, 2.05) is 6.92 Å². The van der Waals surface area contributed by atoms with Crippen LogP contribution in [0.5, 0.6) is 0 Å². The van der Waals surface area contributed by atoms with Crippen LogP contribution in [-0.2, 0) is 9.53 Å². The van der Waals surface area contributed by atoms with Crippen molar-refractivity contribution in [1.29, 1.82) is 0 Å². The number of benzene rings is 1. The lowest BCUT2D eigenvalue weighted by atomic mass is 9.49. The van der Waals surface area contributed by atoms with E-state index in [1.165, 1.54) is 19.3 Å². The molecule has 186 valence electrons. The Balaban J connectivity index is 1.44. The lowest BCUT2D eigenvalue weighted by molar-refractivity contribution is -0.140. The van der Waals surface area contributed by atoms with Gasteiger partial charge in [0.05, 0.1) is 22.5 Å². The predicted molar refractivity (Wildman–Crippen MR) is 138 cm³/mol. The molecular weight excluding hydrogens is 484 g/mol. The van der Waals surface area contributed by atoms with E-state index in [9.17, 15) is 14.4 Å². The molecule has 0 unspecified atom stereocenters. The molecule has 4 fully saturated rings. The van der Waals surface area contributed by atoms with Crippen molar-refractivity contribution >= 4 is 51.4 Å². The van der Waals surface area contributed by atoms with Crippen LogP contribution in [0.15, 0.2) is 18.2 Å². The van der Waals surface area contributed by atoms with Gasteiger partial charge in [0, 0.05) is 10.7 Å². The molecule has 35 heavy (non-hydrogen) atoms. The van der Waals surface area contributed by atoms with Gasteiger partial charge in [-0.3, -0.25) is 9.59 Å². The molecule has 0 atom stereocenters. The van der Waals surface area contributed by atoms with E-state index in [1.54, 1.807) is 32.0 Å². The highest BCUT2D eigenvalue weighted by Gasteiger charge is 2.54. The van der Waals surface area contributed by atoms with Crippen LogP contribution in [0.3, 0.4) is 0 Å². The maximum atomic E-state index is 13.7. The van der Waals surface area contributed by atoms with E-state index in [0.29, 0.717) is 43.9 Å². The Morgan fingerprint density at radius 1 is 1.03 bits per heavy atom. The highest BCUT2D eigenvalue weighted by Crippen LogP contribution is 2.60.